The van der Waals surface area contributed by atoms with Crippen molar-refractivity contribution >= 4 is 27.2 Å². The highest BCUT2D eigenvalue weighted by Gasteiger charge is 2.08. The van der Waals surface area contributed by atoms with Crippen molar-refractivity contribution in [2.75, 3.05) is 18.5 Å². The van der Waals surface area contributed by atoms with Crippen LogP contribution < -0.4 is 5.32 Å². The molecule has 0 aromatic heterocycles. The lowest BCUT2D eigenvalue weighted by molar-refractivity contribution is 0.311. The summed E-state index contributed by atoms with van der Waals surface area (Å²) in [4.78, 5) is 0. The molecule has 0 radical (unpaired) electrons. The Balaban J connectivity index is 2.31. The summed E-state index contributed by atoms with van der Waals surface area (Å²) < 4.78 is 0. The molecule has 0 atom stereocenters. The lowest BCUT2D eigenvalue weighted by atomic mass is 10.0. The summed E-state index contributed by atoms with van der Waals surface area (Å²) in [6.45, 7) is 0.513. The molecular formula is C16H15NO3. The average Bonchev–Trinajstić information content (AvgIpc) is 2.47. The maximum Gasteiger partial charge on any atom is 0.123 e. The Morgan fingerprint density at radius 2 is 1.55 bits per heavy atom. The van der Waals surface area contributed by atoms with Gasteiger partial charge in [-0.3, -0.25) is 0 Å². The van der Waals surface area contributed by atoms with Crippen molar-refractivity contribution in [1.82, 2.24) is 0 Å². The summed E-state index contributed by atoms with van der Waals surface area (Å²) in [6.07, 6.45) is 0. The summed E-state index contributed by atoms with van der Waals surface area (Å²) in [6, 6.07) is 12.4. The molecule has 0 saturated carbocycles. The molecular weight excluding hydrogens is 254 g/mol. The van der Waals surface area contributed by atoms with Crippen LogP contribution in [0.2, 0.25) is 0 Å². The van der Waals surface area contributed by atoms with E-state index in [1.807, 2.05) is 30.3 Å². The number of phenols is 2. The van der Waals surface area contributed by atoms with Crippen molar-refractivity contribution in [1.29, 1.82) is 0 Å². The minimum Gasteiger partial charge on any atom is -0.507 e. The van der Waals surface area contributed by atoms with E-state index < -0.39 is 0 Å². The van der Waals surface area contributed by atoms with Crippen molar-refractivity contribution in [2.45, 2.75) is 0 Å². The van der Waals surface area contributed by atoms with Crippen LogP contribution >= 0.6 is 0 Å². The van der Waals surface area contributed by atoms with Crippen molar-refractivity contribution < 1.29 is 15.3 Å². The molecule has 4 nitrogen and oxygen atoms in total. The van der Waals surface area contributed by atoms with Gasteiger partial charge < -0.3 is 20.6 Å². The first kappa shape index (κ1) is 12.6. The topological polar surface area (TPSA) is 72.7 Å². The molecule has 3 aromatic carbocycles. The summed E-state index contributed by atoms with van der Waals surface area (Å²) >= 11 is 0. The zero-order valence-electron chi connectivity index (χ0n) is 10.8. The zero-order chi connectivity index (χ0) is 14.1. The van der Waals surface area contributed by atoms with Gasteiger partial charge in [-0.05, 0) is 35.7 Å². The summed E-state index contributed by atoms with van der Waals surface area (Å²) in [5.41, 5.74) is 0.890. The second kappa shape index (κ2) is 4.90. The Morgan fingerprint density at radius 3 is 2.25 bits per heavy atom. The first-order valence-corrected chi connectivity index (χ1v) is 6.43. The lowest BCUT2D eigenvalue weighted by Crippen LogP contribution is -2.05. The van der Waals surface area contributed by atoms with Crippen molar-refractivity contribution in [3.05, 3.63) is 42.5 Å². The second-order valence-corrected chi connectivity index (χ2v) is 4.68. The molecule has 3 rings (SSSR count). The molecule has 102 valence electrons. The third-order valence-corrected chi connectivity index (χ3v) is 3.40. The molecule has 3 aromatic rings. The quantitative estimate of drug-likeness (QED) is 0.436. The predicted octanol–water partition coefficient (Wildman–Crippen LogP) is 2.81. The van der Waals surface area contributed by atoms with Gasteiger partial charge in [0.2, 0.25) is 0 Å². The summed E-state index contributed by atoms with van der Waals surface area (Å²) in [5.74, 6) is 0.282. The number of anilines is 1. The fourth-order valence-electron chi connectivity index (χ4n) is 2.43. The number of aliphatic hydroxyl groups excluding tert-OH is 1. The van der Waals surface area contributed by atoms with Crippen molar-refractivity contribution in [2.24, 2.45) is 0 Å². The van der Waals surface area contributed by atoms with Crippen LogP contribution in [0.25, 0.3) is 21.5 Å². The SMILES string of the molecule is OCCNc1cccc2cc3c(O)ccc(O)c3cc12. The molecule has 0 heterocycles. The van der Waals surface area contributed by atoms with Gasteiger partial charge in [0.1, 0.15) is 11.5 Å². The van der Waals surface area contributed by atoms with Gasteiger partial charge in [0.05, 0.1) is 6.61 Å². The molecule has 0 aliphatic carbocycles. The van der Waals surface area contributed by atoms with Crippen LogP contribution in [0.4, 0.5) is 5.69 Å². The molecule has 0 bridgehead atoms. The van der Waals surface area contributed by atoms with Crippen LogP contribution in [0.5, 0.6) is 11.5 Å². The molecule has 0 amide bonds. The maximum atomic E-state index is 9.95. The third kappa shape index (κ3) is 2.00. The highest BCUT2D eigenvalue weighted by atomic mass is 16.3. The number of aliphatic hydroxyl groups is 1. The molecule has 0 fully saturated rings. The molecule has 0 aliphatic rings. The van der Waals surface area contributed by atoms with E-state index in [-0.39, 0.29) is 18.1 Å². The van der Waals surface area contributed by atoms with E-state index in [2.05, 4.69) is 5.32 Å². The van der Waals surface area contributed by atoms with E-state index in [0.717, 1.165) is 16.5 Å². The highest BCUT2D eigenvalue weighted by molar-refractivity contribution is 6.07. The summed E-state index contributed by atoms with van der Waals surface area (Å²) in [7, 11) is 0. The Bertz CT molecular complexity index is 783. The van der Waals surface area contributed by atoms with Crippen LogP contribution in [0.3, 0.4) is 0 Å². The smallest absolute Gasteiger partial charge is 0.123 e. The number of benzene rings is 3. The highest BCUT2D eigenvalue weighted by Crippen LogP contribution is 2.36. The number of phenolic OH excluding ortho intramolecular Hbond substituents is 2. The number of fused-ring (bicyclic) bond motifs is 2. The first-order chi connectivity index (χ1) is 9.70. The Labute approximate surface area is 115 Å². The Kier molecular flexibility index (Phi) is 3.08. The van der Waals surface area contributed by atoms with Crippen LogP contribution in [-0.4, -0.2) is 28.5 Å². The normalized spacial score (nSPS) is 11.1. The van der Waals surface area contributed by atoms with Gasteiger partial charge in [0, 0.05) is 28.4 Å². The minimum atomic E-state index is 0.0516. The lowest BCUT2D eigenvalue weighted by Gasteiger charge is -2.11. The zero-order valence-corrected chi connectivity index (χ0v) is 10.8. The third-order valence-electron chi connectivity index (χ3n) is 3.40. The number of nitrogens with one attached hydrogen (secondary N) is 1. The van der Waals surface area contributed by atoms with E-state index >= 15 is 0 Å². The fraction of sp³-hybridized carbons (Fsp3) is 0.125. The molecule has 20 heavy (non-hydrogen) atoms. The molecule has 0 spiro atoms. The molecule has 0 saturated heterocycles. The van der Waals surface area contributed by atoms with Gasteiger partial charge in [-0.2, -0.15) is 0 Å². The van der Waals surface area contributed by atoms with Gasteiger partial charge in [0.25, 0.3) is 0 Å². The monoisotopic (exact) mass is 269 g/mol. The van der Waals surface area contributed by atoms with Gasteiger partial charge in [-0.1, -0.05) is 12.1 Å². The van der Waals surface area contributed by atoms with Gasteiger partial charge >= 0.3 is 0 Å². The van der Waals surface area contributed by atoms with Crippen LogP contribution in [0.15, 0.2) is 42.5 Å². The average molecular weight is 269 g/mol. The molecule has 0 aliphatic heterocycles. The van der Waals surface area contributed by atoms with E-state index in [9.17, 15) is 10.2 Å². The predicted molar refractivity (Wildman–Crippen MR) is 80.4 cm³/mol. The fourth-order valence-corrected chi connectivity index (χ4v) is 2.43. The van der Waals surface area contributed by atoms with Crippen molar-refractivity contribution in [3.63, 3.8) is 0 Å². The Morgan fingerprint density at radius 1 is 0.850 bits per heavy atom. The molecule has 4 heteroatoms. The number of rotatable bonds is 3. The number of aromatic hydroxyl groups is 2. The largest absolute Gasteiger partial charge is 0.507 e. The van der Waals surface area contributed by atoms with Gasteiger partial charge in [0.15, 0.2) is 0 Å². The number of hydrogen-bond acceptors (Lipinski definition) is 4. The first-order valence-electron chi connectivity index (χ1n) is 6.43. The number of hydrogen-bond donors (Lipinski definition) is 4. The van der Waals surface area contributed by atoms with Crippen LogP contribution in [0.1, 0.15) is 0 Å². The minimum absolute atomic E-state index is 0.0516. The van der Waals surface area contributed by atoms with Crippen LogP contribution in [-0.2, 0) is 0 Å². The molecule has 4 N–H and O–H groups in total. The van der Waals surface area contributed by atoms with E-state index in [1.54, 1.807) is 0 Å². The van der Waals surface area contributed by atoms with E-state index in [1.165, 1.54) is 12.1 Å². The molecule has 0 unspecified atom stereocenters. The second-order valence-electron chi connectivity index (χ2n) is 4.68. The maximum absolute atomic E-state index is 9.95. The van der Waals surface area contributed by atoms with Crippen molar-refractivity contribution in [3.8, 4) is 11.5 Å². The standard InChI is InChI=1S/C16H15NO3/c18-7-6-17-14-3-1-2-10-8-12-13(9-11(10)14)16(20)5-4-15(12)19/h1-5,8-9,17-20H,6-7H2. The Hall–Kier alpha value is -2.46. The van der Waals surface area contributed by atoms with Crippen LogP contribution in [0, 0.1) is 0 Å². The van der Waals surface area contributed by atoms with Gasteiger partial charge in [-0.25, -0.2) is 0 Å². The van der Waals surface area contributed by atoms with Gasteiger partial charge in [-0.15, -0.1) is 0 Å². The van der Waals surface area contributed by atoms with E-state index in [0.29, 0.717) is 17.3 Å². The van der Waals surface area contributed by atoms with E-state index in [4.69, 9.17) is 5.11 Å². The summed E-state index contributed by atoms with van der Waals surface area (Å²) in [5, 5.41) is 35.0.